The minimum Gasteiger partial charge on any atom is -0.361 e. The zero-order chi connectivity index (χ0) is 19.8. The Morgan fingerprint density at radius 2 is 1.79 bits per heavy atom. The van der Waals surface area contributed by atoms with Gasteiger partial charge in [0, 0.05) is 35.8 Å². The molecular weight excluding hydrogens is 362 g/mol. The number of carbonyl (C=O) groups is 1. The topological polar surface area (TPSA) is 62.1 Å². The Morgan fingerprint density at radius 3 is 2.59 bits per heavy atom. The third-order valence-electron chi connectivity index (χ3n) is 5.97. The zero-order valence-corrected chi connectivity index (χ0v) is 16.4. The summed E-state index contributed by atoms with van der Waals surface area (Å²) in [7, 11) is 0. The van der Waals surface area contributed by atoms with Gasteiger partial charge < -0.3 is 14.4 Å². The third kappa shape index (κ3) is 3.12. The molecule has 0 unspecified atom stereocenters. The number of piperidine rings is 1. The van der Waals surface area contributed by atoms with E-state index >= 15 is 0 Å². The van der Waals surface area contributed by atoms with Crippen molar-refractivity contribution in [3.05, 3.63) is 77.7 Å². The molecule has 0 bridgehead atoms. The Bertz CT molecular complexity index is 1150. The fourth-order valence-corrected chi connectivity index (χ4v) is 4.40. The summed E-state index contributed by atoms with van der Waals surface area (Å²) in [5.74, 6) is 1.06. The minimum absolute atomic E-state index is 0.0139. The summed E-state index contributed by atoms with van der Waals surface area (Å²) in [6.07, 6.45) is 4.04. The molecule has 5 heteroatoms. The number of nitrogens with one attached hydrogen (secondary N) is 1. The van der Waals surface area contributed by atoms with E-state index < -0.39 is 0 Å². The second-order valence-electron chi connectivity index (χ2n) is 7.68. The molecule has 5 nitrogen and oxygen atoms in total. The normalized spacial score (nSPS) is 15.1. The van der Waals surface area contributed by atoms with Crippen LogP contribution >= 0.6 is 0 Å². The van der Waals surface area contributed by atoms with E-state index in [0.717, 1.165) is 31.5 Å². The SMILES string of the molecule is Cc1onc(-c2ccccc2)c1C(=O)N1CCC(c2c[nH]c3ccccc23)CC1. The summed E-state index contributed by atoms with van der Waals surface area (Å²) in [5.41, 5.74) is 4.66. The molecular formula is C24H23N3O2. The molecule has 1 fully saturated rings. The van der Waals surface area contributed by atoms with E-state index in [4.69, 9.17) is 4.52 Å². The molecule has 4 aromatic rings. The molecule has 1 N–H and O–H groups in total. The van der Waals surface area contributed by atoms with Crippen LogP contribution in [0.15, 0.2) is 65.3 Å². The summed E-state index contributed by atoms with van der Waals surface area (Å²) >= 11 is 0. The number of aromatic nitrogens is 2. The largest absolute Gasteiger partial charge is 0.361 e. The smallest absolute Gasteiger partial charge is 0.259 e. The number of likely N-dealkylation sites (tertiary alicyclic amines) is 1. The van der Waals surface area contributed by atoms with E-state index in [0.29, 0.717) is 22.9 Å². The van der Waals surface area contributed by atoms with Crippen LogP contribution in [0.5, 0.6) is 0 Å². The highest BCUT2D eigenvalue weighted by molar-refractivity contribution is 6.00. The molecule has 1 aliphatic heterocycles. The van der Waals surface area contributed by atoms with E-state index in [1.54, 1.807) is 0 Å². The highest BCUT2D eigenvalue weighted by Crippen LogP contribution is 2.34. The van der Waals surface area contributed by atoms with Crippen molar-refractivity contribution in [2.75, 3.05) is 13.1 Å². The van der Waals surface area contributed by atoms with Gasteiger partial charge >= 0.3 is 0 Å². The highest BCUT2D eigenvalue weighted by Gasteiger charge is 2.30. The third-order valence-corrected chi connectivity index (χ3v) is 5.97. The molecule has 29 heavy (non-hydrogen) atoms. The predicted molar refractivity (Wildman–Crippen MR) is 113 cm³/mol. The number of hydrogen-bond donors (Lipinski definition) is 1. The predicted octanol–water partition coefficient (Wildman–Crippen LogP) is 5.15. The first kappa shape index (κ1) is 17.7. The van der Waals surface area contributed by atoms with Gasteiger partial charge in [0.05, 0.1) is 0 Å². The number of aryl methyl sites for hydroxylation is 1. The van der Waals surface area contributed by atoms with Gasteiger partial charge in [-0.2, -0.15) is 0 Å². The number of fused-ring (bicyclic) bond motifs is 1. The fourth-order valence-electron chi connectivity index (χ4n) is 4.40. The van der Waals surface area contributed by atoms with Crippen LogP contribution in [0.4, 0.5) is 0 Å². The monoisotopic (exact) mass is 385 g/mol. The number of rotatable bonds is 3. The van der Waals surface area contributed by atoms with Crippen LogP contribution in [0.1, 0.15) is 40.4 Å². The Hall–Kier alpha value is -3.34. The number of para-hydroxylation sites is 1. The molecule has 2 aromatic heterocycles. The Labute approximate surface area is 169 Å². The average molecular weight is 385 g/mol. The molecule has 5 rings (SSSR count). The van der Waals surface area contributed by atoms with Crippen LogP contribution in [0.3, 0.4) is 0 Å². The lowest BCUT2D eigenvalue weighted by molar-refractivity contribution is 0.0712. The molecule has 0 spiro atoms. The molecule has 1 aliphatic rings. The standard InChI is InChI=1S/C24H23N3O2/c1-16-22(23(26-29-16)18-7-3-2-4-8-18)24(28)27-13-11-17(12-14-27)20-15-25-21-10-6-5-9-19(20)21/h2-10,15,17,25H,11-14H2,1H3. The van der Waals surface area contributed by atoms with Crippen molar-refractivity contribution in [1.82, 2.24) is 15.0 Å². The minimum atomic E-state index is 0.0139. The van der Waals surface area contributed by atoms with E-state index in [1.165, 1.54) is 16.5 Å². The second kappa shape index (κ2) is 7.24. The summed E-state index contributed by atoms with van der Waals surface area (Å²) < 4.78 is 5.39. The van der Waals surface area contributed by atoms with Crippen molar-refractivity contribution in [2.45, 2.75) is 25.7 Å². The Morgan fingerprint density at radius 1 is 1.07 bits per heavy atom. The van der Waals surface area contributed by atoms with E-state index in [9.17, 15) is 4.79 Å². The molecule has 0 saturated carbocycles. The zero-order valence-electron chi connectivity index (χ0n) is 16.4. The number of benzene rings is 2. The number of aromatic amines is 1. The van der Waals surface area contributed by atoms with Gasteiger partial charge in [-0.05, 0) is 37.3 Å². The van der Waals surface area contributed by atoms with Crippen molar-refractivity contribution < 1.29 is 9.32 Å². The van der Waals surface area contributed by atoms with Gasteiger partial charge in [0.1, 0.15) is 17.0 Å². The van der Waals surface area contributed by atoms with E-state index in [2.05, 4.69) is 40.6 Å². The maximum absolute atomic E-state index is 13.3. The Kier molecular flexibility index (Phi) is 4.43. The first-order chi connectivity index (χ1) is 14.2. The first-order valence-electron chi connectivity index (χ1n) is 10.1. The van der Waals surface area contributed by atoms with Gasteiger partial charge in [-0.1, -0.05) is 53.7 Å². The van der Waals surface area contributed by atoms with Gasteiger partial charge in [-0.3, -0.25) is 4.79 Å². The van der Waals surface area contributed by atoms with Crippen LogP contribution in [0, 0.1) is 6.92 Å². The average Bonchev–Trinajstić information content (AvgIpc) is 3.38. The molecule has 146 valence electrons. The molecule has 1 amide bonds. The fraction of sp³-hybridized carbons (Fsp3) is 0.250. The van der Waals surface area contributed by atoms with Crippen molar-refractivity contribution >= 4 is 16.8 Å². The number of nitrogens with zero attached hydrogens (tertiary/aromatic N) is 2. The molecule has 0 atom stereocenters. The maximum Gasteiger partial charge on any atom is 0.259 e. The van der Waals surface area contributed by atoms with Gasteiger partial charge in [0.2, 0.25) is 0 Å². The van der Waals surface area contributed by atoms with Gasteiger partial charge in [0.25, 0.3) is 5.91 Å². The van der Waals surface area contributed by atoms with Gasteiger partial charge in [0.15, 0.2) is 0 Å². The quantitative estimate of drug-likeness (QED) is 0.530. The van der Waals surface area contributed by atoms with Crippen molar-refractivity contribution in [3.63, 3.8) is 0 Å². The van der Waals surface area contributed by atoms with E-state index in [-0.39, 0.29) is 5.91 Å². The number of H-pyrrole nitrogens is 1. The lowest BCUT2D eigenvalue weighted by atomic mass is 9.89. The summed E-state index contributed by atoms with van der Waals surface area (Å²) in [6.45, 7) is 3.29. The number of hydrogen-bond acceptors (Lipinski definition) is 3. The summed E-state index contributed by atoms with van der Waals surface area (Å²) in [5, 5.41) is 5.46. The second-order valence-corrected chi connectivity index (χ2v) is 7.68. The van der Waals surface area contributed by atoms with Crippen LogP contribution in [0.25, 0.3) is 22.2 Å². The summed E-state index contributed by atoms with van der Waals surface area (Å²) in [4.78, 5) is 18.6. The number of carbonyl (C=O) groups excluding carboxylic acids is 1. The molecule has 0 aliphatic carbocycles. The van der Waals surface area contributed by atoms with Crippen LogP contribution in [-0.2, 0) is 0 Å². The van der Waals surface area contributed by atoms with Crippen LogP contribution < -0.4 is 0 Å². The van der Waals surface area contributed by atoms with Crippen molar-refractivity contribution in [3.8, 4) is 11.3 Å². The maximum atomic E-state index is 13.3. The number of amides is 1. The molecule has 2 aromatic carbocycles. The lowest BCUT2D eigenvalue weighted by Gasteiger charge is -2.32. The van der Waals surface area contributed by atoms with Crippen molar-refractivity contribution in [1.29, 1.82) is 0 Å². The highest BCUT2D eigenvalue weighted by atomic mass is 16.5. The summed E-state index contributed by atoms with van der Waals surface area (Å²) in [6, 6.07) is 18.2. The molecule has 3 heterocycles. The van der Waals surface area contributed by atoms with Crippen molar-refractivity contribution in [2.24, 2.45) is 0 Å². The van der Waals surface area contributed by atoms with Gasteiger partial charge in [-0.25, -0.2) is 0 Å². The first-order valence-corrected chi connectivity index (χ1v) is 10.1. The molecule has 0 radical (unpaired) electrons. The van der Waals surface area contributed by atoms with Crippen LogP contribution in [0.2, 0.25) is 0 Å². The lowest BCUT2D eigenvalue weighted by Crippen LogP contribution is -2.38. The molecule has 1 saturated heterocycles. The van der Waals surface area contributed by atoms with Gasteiger partial charge in [-0.15, -0.1) is 0 Å². The Balaban J connectivity index is 1.35. The van der Waals surface area contributed by atoms with E-state index in [1.807, 2.05) is 42.2 Å². The van der Waals surface area contributed by atoms with Crippen LogP contribution in [-0.4, -0.2) is 34.0 Å².